The molecular formula is C13H11N4O4P. The molecule has 3 rings (SSSR count). The third-order valence-corrected chi connectivity index (χ3v) is 3.39. The molecule has 0 saturated heterocycles. The molecule has 3 aromatic rings. The van der Waals surface area contributed by atoms with Crippen molar-refractivity contribution in [1.29, 1.82) is 0 Å². The van der Waals surface area contributed by atoms with Crippen molar-refractivity contribution in [2.24, 2.45) is 0 Å². The Morgan fingerprint density at radius 3 is 2.68 bits per heavy atom. The number of non-ortho nitro benzene ring substituents is 1. The van der Waals surface area contributed by atoms with E-state index in [9.17, 15) is 10.1 Å². The van der Waals surface area contributed by atoms with Crippen LogP contribution in [0.2, 0.25) is 0 Å². The van der Waals surface area contributed by atoms with Crippen LogP contribution in [0.1, 0.15) is 5.56 Å². The molecule has 112 valence electrons. The molecule has 2 heterocycles. The largest absolute Gasteiger partial charge is 0.478 e. The summed E-state index contributed by atoms with van der Waals surface area (Å²) in [4.78, 5) is 14.3. The average Bonchev–Trinajstić information content (AvgIpc) is 2.85. The third kappa shape index (κ3) is 2.44. The van der Waals surface area contributed by atoms with Crippen molar-refractivity contribution in [1.82, 2.24) is 14.6 Å². The van der Waals surface area contributed by atoms with Gasteiger partial charge in [-0.3, -0.25) is 10.1 Å². The van der Waals surface area contributed by atoms with E-state index in [0.29, 0.717) is 22.9 Å². The summed E-state index contributed by atoms with van der Waals surface area (Å²) in [6, 6.07) is 5.77. The van der Waals surface area contributed by atoms with Gasteiger partial charge in [0.1, 0.15) is 23.3 Å². The lowest BCUT2D eigenvalue weighted by molar-refractivity contribution is -0.384. The van der Waals surface area contributed by atoms with Crippen LogP contribution in [-0.2, 0) is 0 Å². The Labute approximate surface area is 127 Å². The highest BCUT2D eigenvalue weighted by Crippen LogP contribution is 2.32. The Morgan fingerprint density at radius 1 is 1.32 bits per heavy atom. The zero-order valence-corrected chi connectivity index (χ0v) is 12.6. The molecule has 1 unspecified atom stereocenters. The summed E-state index contributed by atoms with van der Waals surface area (Å²) >= 11 is 0. The quantitative estimate of drug-likeness (QED) is 0.417. The lowest BCUT2D eigenvalue weighted by atomic mass is 10.3. The minimum absolute atomic E-state index is 0.00209. The minimum atomic E-state index is -0.466. The van der Waals surface area contributed by atoms with E-state index in [1.807, 2.05) is 6.92 Å². The van der Waals surface area contributed by atoms with Gasteiger partial charge in [0.05, 0.1) is 20.6 Å². The van der Waals surface area contributed by atoms with Crippen molar-refractivity contribution >= 4 is 20.7 Å². The molecule has 0 spiro atoms. The van der Waals surface area contributed by atoms with Crippen molar-refractivity contribution < 1.29 is 14.2 Å². The molecule has 0 amide bonds. The highest BCUT2D eigenvalue weighted by molar-refractivity contribution is 7.10. The van der Waals surface area contributed by atoms with E-state index in [4.69, 9.17) is 9.26 Å². The van der Waals surface area contributed by atoms with Gasteiger partial charge in [0.2, 0.25) is 5.88 Å². The Hall–Kier alpha value is -2.73. The van der Waals surface area contributed by atoms with Crippen molar-refractivity contribution in [2.75, 3.05) is 0 Å². The first-order valence-corrected chi connectivity index (χ1v) is 6.69. The fourth-order valence-electron chi connectivity index (χ4n) is 2.05. The van der Waals surface area contributed by atoms with Gasteiger partial charge in [-0.05, 0) is 19.1 Å². The molecule has 0 N–H and O–H groups in total. The van der Waals surface area contributed by atoms with E-state index in [2.05, 4.69) is 19.5 Å². The SMILES string of the molecule is Cc1c(OP)cn2ncnc(Oc3ccc([N+](=O)[O-])cc3)c12. The van der Waals surface area contributed by atoms with Gasteiger partial charge in [0.25, 0.3) is 5.69 Å². The second-order valence-electron chi connectivity index (χ2n) is 4.45. The number of hydrogen-bond acceptors (Lipinski definition) is 6. The van der Waals surface area contributed by atoms with Gasteiger partial charge in [-0.25, -0.2) is 4.52 Å². The van der Waals surface area contributed by atoms with Crippen molar-refractivity contribution in [3.05, 3.63) is 52.5 Å². The van der Waals surface area contributed by atoms with Crippen LogP contribution in [-0.4, -0.2) is 19.5 Å². The first kappa shape index (κ1) is 14.2. The highest BCUT2D eigenvalue weighted by Gasteiger charge is 2.15. The van der Waals surface area contributed by atoms with E-state index in [-0.39, 0.29) is 5.69 Å². The van der Waals surface area contributed by atoms with Crippen LogP contribution in [0.4, 0.5) is 5.69 Å². The van der Waals surface area contributed by atoms with Gasteiger partial charge in [-0.2, -0.15) is 10.1 Å². The Balaban J connectivity index is 2.00. The summed E-state index contributed by atoms with van der Waals surface area (Å²) in [6.07, 6.45) is 3.07. The highest BCUT2D eigenvalue weighted by atomic mass is 31.0. The monoisotopic (exact) mass is 318 g/mol. The smallest absolute Gasteiger partial charge is 0.269 e. The van der Waals surface area contributed by atoms with Crippen LogP contribution in [0.5, 0.6) is 17.4 Å². The molecule has 0 fully saturated rings. The molecule has 22 heavy (non-hydrogen) atoms. The predicted octanol–water partition coefficient (Wildman–Crippen LogP) is 2.91. The zero-order chi connectivity index (χ0) is 15.7. The third-order valence-electron chi connectivity index (χ3n) is 3.14. The summed E-state index contributed by atoms with van der Waals surface area (Å²) in [5.74, 6) is 1.42. The number of aromatic nitrogens is 3. The summed E-state index contributed by atoms with van der Waals surface area (Å²) in [6.45, 7) is 1.86. The normalized spacial score (nSPS) is 10.6. The van der Waals surface area contributed by atoms with Crippen molar-refractivity contribution in [3.8, 4) is 17.4 Å². The molecule has 0 aliphatic carbocycles. The van der Waals surface area contributed by atoms with Gasteiger partial charge in [0, 0.05) is 17.7 Å². The fourth-order valence-corrected chi connectivity index (χ4v) is 2.28. The van der Waals surface area contributed by atoms with E-state index < -0.39 is 4.92 Å². The van der Waals surface area contributed by atoms with Crippen LogP contribution >= 0.6 is 9.47 Å². The van der Waals surface area contributed by atoms with Gasteiger partial charge < -0.3 is 9.26 Å². The standard InChI is InChI=1S/C13H11N4O4P/c1-8-11(21-22)6-16-12(8)13(14-7-15-16)20-10-4-2-9(3-5-10)17(18)19/h2-7H,22H2,1H3. The van der Waals surface area contributed by atoms with Gasteiger partial charge in [0.15, 0.2) is 0 Å². The first-order valence-electron chi connectivity index (χ1n) is 6.22. The van der Waals surface area contributed by atoms with E-state index in [1.165, 1.54) is 30.6 Å². The number of nitro groups is 1. The molecule has 1 atom stereocenters. The number of aryl methyl sites for hydroxylation is 1. The van der Waals surface area contributed by atoms with Crippen LogP contribution in [0.15, 0.2) is 36.8 Å². The topological polar surface area (TPSA) is 91.8 Å². The maximum absolute atomic E-state index is 10.7. The second kappa shape index (κ2) is 5.57. The van der Waals surface area contributed by atoms with Gasteiger partial charge in [-0.1, -0.05) is 0 Å². The number of nitrogens with zero attached hydrogens (tertiary/aromatic N) is 4. The predicted molar refractivity (Wildman–Crippen MR) is 81.2 cm³/mol. The molecule has 0 aliphatic heterocycles. The van der Waals surface area contributed by atoms with Crippen LogP contribution in [0.3, 0.4) is 0 Å². The number of nitro benzene ring substituents is 1. The number of benzene rings is 1. The fraction of sp³-hybridized carbons (Fsp3) is 0.0769. The Morgan fingerprint density at radius 2 is 2.05 bits per heavy atom. The van der Waals surface area contributed by atoms with E-state index in [1.54, 1.807) is 10.7 Å². The summed E-state index contributed by atoms with van der Waals surface area (Å²) in [7, 11) is 2.18. The minimum Gasteiger partial charge on any atom is -0.478 e. The molecule has 9 heteroatoms. The lowest BCUT2D eigenvalue weighted by Gasteiger charge is -2.06. The van der Waals surface area contributed by atoms with Crippen LogP contribution < -0.4 is 9.26 Å². The molecular weight excluding hydrogens is 307 g/mol. The average molecular weight is 318 g/mol. The maximum Gasteiger partial charge on any atom is 0.269 e. The first-order chi connectivity index (χ1) is 10.6. The number of hydrogen-bond donors (Lipinski definition) is 0. The van der Waals surface area contributed by atoms with Crippen molar-refractivity contribution in [2.45, 2.75) is 6.92 Å². The van der Waals surface area contributed by atoms with Gasteiger partial charge >= 0.3 is 0 Å². The Bertz CT molecular complexity index is 847. The number of fused-ring (bicyclic) bond motifs is 1. The van der Waals surface area contributed by atoms with E-state index >= 15 is 0 Å². The molecule has 1 aromatic carbocycles. The van der Waals surface area contributed by atoms with Crippen LogP contribution in [0.25, 0.3) is 5.52 Å². The molecule has 2 aromatic heterocycles. The van der Waals surface area contributed by atoms with Crippen LogP contribution in [0, 0.1) is 17.0 Å². The Kier molecular flexibility index (Phi) is 3.60. The maximum atomic E-state index is 10.7. The van der Waals surface area contributed by atoms with Gasteiger partial charge in [-0.15, -0.1) is 0 Å². The summed E-state index contributed by atoms with van der Waals surface area (Å²) in [5, 5.41) is 14.7. The molecule has 0 aliphatic rings. The lowest BCUT2D eigenvalue weighted by Crippen LogP contribution is -1.96. The molecule has 0 bridgehead atoms. The summed E-state index contributed by atoms with van der Waals surface area (Å²) < 4.78 is 12.5. The zero-order valence-electron chi connectivity index (χ0n) is 11.5. The molecule has 0 saturated carbocycles. The van der Waals surface area contributed by atoms with Crippen molar-refractivity contribution in [3.63, 3.8) is 0 Å². The second-order valence-corrected chi connectivity index (χ2v) is 4.68. The molecule has 0 radical (unpaired) electrons. The number of ether oxygens (including phenoxy) is 1. The molecule has 8 nitrogen and oxygen atoms in total. The van der Waals surface area contributed by atoms with E-state index in [0.717, 1.165) is 5.56 Å². The number of rotatable bonds is 4. The summed E-state index contributed by atoms with van der Waals surface area (Å²) in [5.41, 5.74) is 1.49.